The minimum atomic E-state index is -0.151. The predicted octanol–water partition coefficient (Wildman–Crippen LogP) is 0.515. The number of rotatable bonds is 3. The van der Waals surface area contributed by atoms with Gasteiger partial charge in [-0.1, -0.05) is 0 Å². The van der Waals surface area contributed by atoms with Crippen LogP contribution in [0.2, 0.25) is 0 Å². The van der Waals surface area contributed by atoms with E-state index in [2.05, 4.69) is 22.0 Å². The zero-order valence-electron chi connectivity index (χ0n) is 12.3. The standard InChI is InChI=1S/C13H22N4O3/c1-10-6-17(8-13(19-10)4-5-18-9-13)7-11-14-12(15-20-11)16(2)3/h10H,4-9H2,1-3H3/t10-,13+/m1/s1. The van der Waals surface area contributed by atoms with Gasteiger partial charge in [0.25, 0.3) is 5.95 Å². The third kappa shape index (κ3) is 2.79. The fraction of sp³-hybridized carbons (Fsp3) is 0.846. The number of nitrogens with zero attached hydrogens (tertiary/aromatic N) is 4. The Morgan fingerprint density at radius 1 is 1.45 bits per heavy atom. The molecule has 112 valence electrons. The molecule has 0 saturated carbocycles. The van der Waals surface area contributed by atoms with Crippen LogP contribution in [0.4, 0.5) is 5.95 Å². The maximum absolute atomic E-state index is 6.10. The van der Waals surface area contributed by atoms with Crippen molar-refractivity contribution in [2.24, 2.45) is 0 Å². The molecule has 3 heterocycles. The van der Waals surface area contributed by atoms with Crippen LogP contribution in [0.1, 0.15) is 19.2 Å². The minimum Gasteiger partial charge on any atom is -0.378 e. The molecule has 0 N–H and O–H groups in total. The van der Waals surface area contributed by atoms with Crippen molar-refractivity contribution in [2.75, 3.05) is 45.3 Å². The van der Waals surface area contributed by atoms with Gasteiger partial charge in [0.05, 0.1) is 19.3 Å². The summed E-state index contributed by atoms with van der Waals surface area (Å²) in [6.07, 6.45) is 1.15. The molecular weight excluding hydrogens is 260 g/mol. The van der Waals surface area contributed by atoms with E-state index in [0.717, 1.165) is 26.1 Å². The van der Waals surface area contributed by atoms with Gasteiger partial charge < -0.3 is 18.9 Å². The van der Waals surface area contributed by atoms with Crippen LogP contribution in [0.3, 0.4) is 0 Å². The Labute approximate surface area is 118 Å². The topological polar surface area (TPSA) is 63.9 Å². The molecule has 0 aromatic carbocycles. The van der Waals surface area contributed by atoms with Gasteiger partial charge in [-0.25, -0.2) is 0 Å². The average molecular weight is 282 g/mol. The maximum atomic E-state index is 6.10. The third-order valence-corrected chi connectivity index (χ3v) is 3.76. The monoisotopic (exact) mass is 282 g/mol. The quantitative estimate of drug-likeness (QED) is 0.800. The summed E-state index contributed by atoms with van der Waals surface area (Å²) in [5, 5.41) is 3.95. The highest BCUT2D eigenvalue weighted by molar-refractivity contribution is 5.23. The van der Waals surface area contributed by atoms with Crippen LogP contribution in [0.15, 0.2) is 4.52 Å². The summed E-state index contributed by atoms with van der Waals surface area (Å²) in [5.74, 6) is 1.26. The molecule has 2 atom stereocenters. The molecule has 2 aliphatic rings. The molecular formula is C13H22N4O3. The number of aromatic nitrogens is 2. The molecule has 0 radical (unpaired) electrons. The van der Waals surface area contributed by atoms with Gasteiger partial charge in [0, 0.05) is 40.2 Å². The fourth-order valence-electron chi connectivity index (χ4n) is 2.95. The zero-order valence-corrected chi connectivity index (χ0v) is 12.3. The summed E-state index contributed by atoms with van der Waals surface area (Å²) in [5.41, 5.74) is -0.151. The Bertz CT molecular complexity index is 456. The number of anilines is 1. The van der Waals surface area contributed by atoms with Gasteiger partial charge in [0.15, 0.2) is 0 Å². The molecule has 7 heteroatoms. The maximum Gasteiger partial charge on any atom is 0.265 e. The van der Waals surface area contributed by atoms with Gasteiger partial charge in [0.1, 0.15) is 5.60 Å². The van der Waals surface area contributed by atoms with Crippen molar-refractivity contribution in [1.82, 2.24) is 15.0 Å². The molecule has 1 aromatic heterocycles. The SMILES string of the molecule is C[C@@H]1CN(Cc2nc(N(C)C)no2)C[C@]2(CCOC2)O1. The molecule has 2 aliphatic heterocycles. The minimum absolute atomic E-state index is 0.151. The van der Waals surface area contributed by atoms with Crippen molar-refractivity contribution in [3.8, 4) is 0 Å². The van der Waals surface area contributed by atoms with Gasteiger partial charge in [-0.05, 0) is 12.1 Å². The molecule has 1 spiro atoms. The molecule has 0 bridgehead atoms. The summed E-state index contributed by atoms with van der Waals surface area (Å²) in [7, 11) is 3.80. The molecule has 2 saturated heterocycles. The van der Waals surface area contributed by atoms with Crippen LogP contribution >= 0.6 is 0 Å². The van der Waals surface area contributed by atoms with Crippen molar-refractivity contribution < 1.29 is 14.0 Å². The average Bonchev–Trinajstić information content (AvgIpc) is 2.98. The zero-order chi connectivity index (χ0) is 14.2. The molecule has 3 rings (SSSR count). The molecule has 7 nitrogen and oxygen atoms in total. The molecule has 1 aromatic rings. The Morgan fingerprint density at radius 2 is 2.30 bits per heavy atom. The van der Waals surface area contributed by atoms with E-state index >= 15 is 0 Å². The fourth-order valence-corrected chi connectivity index (χ4v) is 2.95. The van der Waals surface area contributed by atoms with Crippen LogP contribution < -0.4 is 4.90 Å². The smallest absolute Gasteiger partial charge is 0.265 e. The van der Waals surface area contributed by atoms with Gasteiger partial charge in [-0.2, -0.15) is 4.98 Å². The Kier molecular flexibility index (Phi) is 3.66. The lowest BCUT2D eigenvalue weighted by Crippen LogP contribution is -2.55. The molecule has 0 aliphatic carbocycles. The van der Waals surface area contributed by atoms with Gasteiger partial charge >= 0.3 is 0 Å². The Morgan fingerprint density at radius 3 is 2.95 bits per heavy atom. The lowest BCUT2D eigenvalue weighted by Gasteiger charge is -2.42. The van der Waals surface area contributed by atoms with Gasteiger partial charge in [-0.15, -0.1) is 0 Å². The lowest BCUT2D eigenvalue weighted by atomic mass is 9.99. The van der Waals surface area contributed by atoms with E-state index in [9.17, 15) is 0 Å². The summed E-state index contributed by atoms with van der Waals surface area (Å²) in [6.45, 7) is 5.96. The Balaban J connectivity index is 1.66. The Hall–Kier alpha value is -1.18. The second kappa shape index (κ2) is 5.31. The summed E-state index contributed by atoms with van der Waals surface area (Å²) in [6, 6.07) is 0. The van der Waals surface area contributed by atoms with Crippen molar-refractivity contribution in [2.45, 2.75) is 31.6 Å². The molecule has 0 amide bonds. The van der Waals surface area contributed by atoms with Crippen molar-refractivity contribution in [3.63, 3.8) is 0 Å². The van der Waals surface area contributed by atoms with Crippen LogP contribution in [0.25, 0.3) is 0 Å². The van der Waals surface area contributed by atoms with Crippen molar-refractivity contribution in [3.05, 3.63) is 5.89 Å². The van der Waals surface area contributed by atoms with Gasteiger partial charge in [-0.3, -0.25) is 4.90 Å². The van der Waals surface area contributed by atoms with E-state index in [1.807, 2.05) is 19.0 Å². The lowest BCUT2D eigenvalue weighted by molar-refractivity contribution is -0.150. The third-order valence-electron chi connectivity index (χ3n) is 3.76. The number of ether oxygens (including phenoxy) is 2. The van der Waals surface area contributed by atoms with Crippen molar-refractivity contribution in [1.29, 1.82) is 0 Å². The number of hydrogen-bond acceptors (Lipinski definition) is 7. The second-order valence-electron chi connectivity index (χ2n) is 5.97. The van der Waals surface area contributed by atoms with Crippen LogP contribution in [-0.4, -0.2) is 67.1 Å². The van der Waals surface area contributed by atoms with Crippen LogP contribution in [0.5, 0.6) is 0 Å². The molecule has 2 fully saturated rings. The molecule has 0 unspecified atom stereocenters. The highest BCUT2D eigenvalue weighted by Gasteiger charge is 2.42. The van der Waals surface area contributed by atoms with E-state index < -0.39 is 0 Å². The summed E-state index contributed by atoms with van der Waals surface area (Å²) in [4.78, 5) is 8.53. The largest absolute Gasteiger partial charge is 0.378 e. The molecule has 20 heavy (non-hydrogen) atoms. The highest BCUT2D eigenvalue weighted by atomic mass is 16.6. The van der Waals surface area contributed by atoms with E-state index in [4.69, 9.17) is 14.0 Å². The highest BCUT2D eigenvalue weighted by Crippen LogP contribution is 2.30. The number of hydrogen-bond donors (Lipinski definition) is 0. The first kappa shape index (κ1) is 13.8. The second-order valence-corrected chi connectivity index (χ2v) is 5.97. The van der Waals surface area contributed by atoms with E-state index in [0.29, 0.717) is 25.0 Å². The summed E-state index contributed by atoms with van der Waals surface area (Å²) >= 11 is 0. The van der Waals surface area contributed by atoms with Crippen LogP contribution in [-0.2, 0) is 16.0 Å². The normalized spacial score (nSPS) is 31.1. The van der Waals surface area contributed by atoms with E-state index in [-0.39, 0.29) is 11.7 Å². The predicted molar refractivity (Wildman–Crippen MR) is 72.6 cm³/mol. The first-order valence-electron chi connectivity index (χ1n) is 7.04. The first-order chi connectivity index (χ1) is 9.56. The van der Waals surface area contributed by atoms with Crippen LogP contribution in [0, 0.1) is 0 Å². The summed E-state index contributed by atoms with van der Waals surface area (Å²) < 4.78 is 16.9. The first-order valence-corrected chi connectivity index (χ1v) is 7.04. The van der Waals surface area contributed by atoms with E-state index in [1.165, 1.54) is 0 Å². The number of morpholine rings is 1. The van der Waals surface area contributed by atoms with Gasteiger partial charge in [0.2, 0.25) is 5.89 Å². The van der Waals surface area contributed by atoms with Crippen molar-refractivity contribution >= 4 is 5.95 Å². The van der Waals surface area contributed by atoms with E-state index in [1.54, 1.807) is 0 Å².